The summed E-state index contributed by atoms with van der Waals surface area (Å²) in [6.07, 6.45) is 1.15. The first kappa shape index (κ1) is 20.7. The Morgan fingerprint density at radius 2 is 1.40 bits per heavy atom. The van der Waals surface area contributed by atoms with Crippen LogP contribution in [0, 0.1) is 5.41 Å². The summed E-state index contributed by atoms with van der Waals surface area (Å²) in [7, 11) is -2.71. The molecule has 0 aromatic rings. The van der Waals surface area contributed by atoms with Gasteiger partial charge < -0.3 is 4.43 Å². The fourth-order valence-corrected chi connectivity index (χ4v) is 14.5. The summed E-state index contributed by atoms with van der Waals surface area (Å²) < 4.78 is 6.66. The Balaban J connectivity index is 4.77. The van der Waals surface area contributed by atoms with Crippen molar-refractivity contribution in [2.45, 2.75) is 97.6 Å². The molecule has 1 atom stereocenters. The van der Waals surface area contributed by atoms with Crippen LogP contribution < -0.4 is 0 Å². The van der Waals surface area contributed by atoms with Crippen molar-refractivity contribution in [3.63, 3.8) is 0 Å². The molecule has 1 unspecified atom stereocenters. The molecule has 1 nitrogen and oxygen atoms in total. The molecule has 0 aromatic heterocycles. The highest BCUT2D eigenvalue weighted by atomic mass is 32.4. The second-order valence-corrected chi connectivity index (χ2v) is 20.5. The van der Waals surface area contributed by atoms with Crippen LogP contribution >= 0.6 is 11.2 Å². The molecule has 20 heavy (non-hydrogen) atoms. The third-order valence-electron chi connectivity index (χ3n) is 4.05. The zero-order valence-corrected chi connectivity index (χ0v) is 18.2. The van der Waals surface area contributed by atoms with Crippen LogP contribution in [0.1, 0.15) is 54.9 Å². The average Bonchev–Trinajstić information content (AvgIpc) is 2.31. The Bertz CT molecular complexity index is 262. The van der Waals surface area contributed by atoms with E-state index in [1.54, 1.807) is 0 Å². The summed E-state index contributed by atoms with van der Waals surface area (Å²) in [6, 6.07) is 5.39. The van der Waals surface area contributed by atoms with Gasteiger partial charge in [-0.1, -0.05) is 66.6 Å². The van der Waals surface area contributed by atoms with E-state index in [-0.39, 0.29) is 0 Å². The van der Waals surface area contributed by atoms with Gasteiger partial charge in [0.15, 0.2) is 8.32 Å². The first-order chi connectivity index (χ1) is 9.03. The Morgan fingerprint density at radius 3 is 1.70 bits per heavy atom. The monoisotopic (exact) mass is 334 g/mol. The van der Waals surface area contributed by atoms with Crippen LogP contribution in [0.25, 0.3) is 0 Å². The molecule has 0 radical (unpaired) electrons. The SMILES string of the molecule is CCC(O[Si](C)(C)CC(C)(C)C)S[Si](CC)(CC)CC. The van der Waals surface area contributed by atoms with Gasteiger partial charge >= 0.3 is 0 Å². The molecule has 0 aromatic carbocycles. The van der Waals surface area contributed by atoms with E-state index in [1.807, 2.05) is 0 Å². The fraction of sp³-hybridized carbons (Fsp3) is 1.00. The van der Waals surface area contributed by atoms with Crippen molar-refractivity contribution in [3.8, 4) is 0 Å². The summed E-state index contributed by atoms with van der Waals surface area (Å²) in [5.41, 5.74) is 0.818. The fourth-order valence-electron chi connectivity index (χ4n) is 3.14. The van der Waals surface area contributed by atoms with Gasteiger partial charge in [-0.25, -0.2) is 0 Å². The van der Waals surface area contributed by atoms with Crippen LogP contribution in [-0.4, -0.2) is 21.0 Å². The van der Waals surface area contributed by atoms with Crippen molar-refractivity contribution in [3.05, 3.63) is 0 Å². The van der Waals surface area contributed by atoms with E-state index in [1.165, 1.54) is 24.2 Å². The predicted octanol–water partition coefficient (Wildman–Crippen LogP) is 6.73. The molecule has 0 bridgehead atoms. The Hall–Kier alpha value is 0.744. The van der Waals surface area contributed by atoms with E-state index in [9.17, 15) is 0 Å². The molecule has 0 saturated carbocycles. The van der Waals surface area contributed by atoms with Gasteiger partial charge in [-0.15, -0.1) is 0 Å². The highest BCUT2D eigenvalue weighted by Crippen LogP contribution is 2.39. The van der Waals surface area contributed by atoms with Gasteiger partial charge in [0.2, 0.25) is 0 Å². The highest BCUT2D eigenvalue weighted by Gasteiger charge is 2.36. The van der Waals surface area contributed by atoms with Gasteiger partial charge in [0.05, 0.1) is 5.44 Å². The molecule has 0 aliphatic carbocycles. The summed E-state index contributed by atoms with van der Waals surface area (Å²) in [5.74, 6) is 0. The number of rotatable bonds is 9. The van der Waals surface area contributed by atoms with Crippen LogP contribution in [0.3, 0.4) is 0 Å². The summed E-state index contributed by atoms with van der Waals surface area (Å²) in [6.45, 7) is 21.2. The lowest BCUT2D eigenvalue weighted by atomic mass is 10.0. The van der Waals surface area contributed by atoms with Gasteiger partial charge in [0, 0.05) is 0 Å². The standard InChI is InChI=1S/C16H38OSSi2/c1-10-15(18-20(11-2,12-3)13-4)17-19(8,9)14-16(5,6)7/h15H,10-14H2,1-9H3. The number of hydrogen-bond donors (Lipinski definition) is 0. The molecule has 0 amide bonds. The average molecular weight is 335 g/mol. The molecular weight excluding hydrogens is 296 g/mol. The van der Waals surface area contributed by atoms with E-state index in [0.717, 1.165) is 6.42 Å². The first-order valence-corrected chi connectivity index (χ1v) is 15.7. The minimum absolute atomic E-state index is 0.382. The highest BCUT2D eigenvalue weighted by molar-refractivity contribution is 8.29. The summed E-state index contributed by atoms with van der Waals surface area (Å²) in [5, 5.41) is 0. The lowest BCUT2D eigenvalue weighted by Crippen LogP contribution is -2.40. The molecule has 122 valence electrons. The van der Waals surface area contributed by atoms with Gasteiger partial charge in [-0.2, -0.15) is 11.2 Å². The molecule has 0 spiro atoms. The lowest BCUT2D eigenvalue weighted by molar-refractivity contribution is 0.262. The molecule has 0 rings (SSSR count). The normalized spacial score (nSPS) is 15.4. The second-order valence-electron chi connectivity index (χ2n) is 7.81. The summed E-state index contributed by atoms with van der Waals surface area (Å²) in [4.78, 5) is 0. The molecule has 0 heterocycles. The van der Waals surface area contributed by atoms with Gasteiger partial charge in [-0.05, 0) is 31.0 Å². The van der Waals surface area contributed by atoms with Crippen molar-refractivity contribution in [1.29, 1.82) is 0 Å². The van der Waals surface area contributed by atoms with E-state index >= 15 is 0 Å². The van der Waals surface area contributed by atoms with Gasteiger partial charge in [0.1, 0.15) is 7.22 Å². The molecule has 4 heteroatoms. The van der Waals surface area contributed by atoms with E-state index < -0.39 is 15.5 Å². The molecule has 0 aliphatic heterocycles. The second kappa shape index (κ2) is 8.40. The molecule has 0 saturated heterocycles. The summed E-state index contributed by atoms with van der Waals surface area (Å²) >= 11 is 2.24. The third-order valence-corrected chi connectivity index (χ3v) is 17.0. The van der Waals surface area contributed by atoms with Crippen LogP contribution in [0.5, 0.6) is 0 Å². The van der Waals surface area contributed by atoms with Crippen LogP contribution in [0.15, 0.2) is 0 Å². The maximum Gasteiger partial charge on any atom is 0.188 e. The van der Waals surface area contributed by atoms with Gasteiger partial charge in [0.25, 0.3) is 0 Å². The maximum atomic E-state index is 6.66. The van der Waals surface area contributed by atoms with Crippen molar-refractivity contribution in [2.75, 3.05) is 0 Å². The Morgan fingerprint density at radius 1 is 0.950 bits per heavy atom. The molecule has 0 aliphatic rings. The van der Waals surface area contributed by atoms with Crippen molar-refractivity contribution in [2.24, 2.45) is 5.41 Å². The number of hydrogen-bond acceptors (Lipinski definition) is 2. The van der Waals surface area contributed by atoms with E-state index in [4.69, 9.17) is 4.43 Å². The minimum Gasteiger partial charge on any atom is -0.406 e. The van der Waals surface area contributed by atoms with Gasteiger partial charge in [-0.3, -0.25) is 0 Å². The quantitative estimate of drug-likeness (QED) is 0.341. The third kappa shape index (κ3) is 7.67. The largest absolute Gasteiger partial charge is 0.406 e. The van der Waals surface area contributed by atoms with Crippen LogP contribution in [0.4, 0.5) is 0 Å². The van der Waals surface area contributed by atoms with Crippen LogP contribution in [0.2, 0.25) is 37.3 Å². The Labute approximate surface area is 134 Å². The smallest absolute Gasteiger partial charge is 0.188 e. The zero-order valence-electron chi connectivity index (χ0n) is 15.4. The molecular formula is C16H38OSSi2. The van der Waals surface area contributed by atoms with E-state index in [0.29, 0.717) is 10.9 Å². The zero-order chi connectivity index (χ0) is 16.0. The van der Waals surface area contributed by atoms with E-state index in [2.05, 4.69) is 72.8 Å². The maximum absolute atomic E-state index is 6.66. The van der Waals surface area contributed by atoms with Crippen LogP contribution in [-0.2, 0) is 4.43 Å². The van der Waals surface area contributed by atoms with Crippen molar-refractivity contribution < 1.29 is 4.43 Å². The lowest BCUT2D eigenvalue weighted by Gasteiger charge is -2.37. The Kier molecular flexibility index (Phi) is 8.71. The van der Waals surface area contributed by atoms with Crippen molar-refractivity contribution in [1.82, 2.24) is 0 Å². The molecule has 0 N–H and O–H groups in total. The predicted molar refractivity (Wildman–Crippen MR) is 102 cm³/mol. The van der Waals surface area contributed by atoms with Crippen molar-refractivity contribution >= 4 is 26.8 Å². The minimum atomic E-state index is -1.56. The molecule has 0 fully saturated rings. The first-order valence-electron chi connectivity index (χ1n) is 8.38. The topological polar surface area (TPSA) is 9.23 Å².